The first kappa shape index (κ1) is 18.6. The summed E-state index contributed by atoms with van der Waals surface area (Å²) in [7, 11) is 2.04. The molecule has 0 spiro atoms. The Morgan fingerprint density at radius 1 is 1.18 bits per heavy atom. The molecule has 28 heavy (non-hydrogen) atoms. The van der Waals surface area contributed by atoms with Crippen LogP contribution in [0.5, 0.6) is 0 Å². The minimum Gasteiger partial charge on any atom is -0.347 e. The molecule has 0 aliphatic heterocycles. The molecular formula is C22H21BrN4O. The van der Waals surface area contributed by atoms with Crippen molar-refractivity contribution < 1.29 is 0 Å². The Hall–Kier alpha value is -2.73. The van der Waals surface area contributed by atoms with Crippen molar-refractivity contribution in [1.29, 1.82) is 0 Å². The molecule has 0 aliphatic carbocycles. The van der Waals surface area contributed by atoms with Gasteiger partial charge in [0.1, 0.15) is 5.82 Å². The van der Waals surface area contributed by atoms with Crippen molar-refractivity contribution in [3.63, 3.8) is 0 Å². The second kappa shape index (κ2) is 7.36. The average Bonchev–Trinajstić information content (AvgIpc) is 2.93. The van der Waals surface area contributed by atoms with Crippen molar-refractivity contribution >= 4 is 44.0 Å². The van der Waals surface area contributed by atoms with E-state index >= 15 is 0 Å². The van der Waals surface area contributed by atoms with Gasteiger partial charge < -0.3 is 4.57 Å². The standard InChI is InChI=1S/C22H21BrN4O/c1-4-7-21-25-19-11-10-15(23)12-17(19)22(28)27(21)24-13-18-14(2)26(3)20-9-6-5-8-16(18)20/h5-6,8-13H,4,7H2,1-3H3. The molecule has 4 aromatic rings. The van der Waals surface area contributed by atoms with Crippen molar-refractivity contribution in [3.05, 3.63) is 74.4 Å². The summed E-state index contributed by atoms with van der Waals surface area (Å²) in [4.78, 5) is 17.8. The largest absolute Gasteiger partial charge is 0.347 e. The molecule has 0 bridgehead atoms. The zero-order valence-electron chi connectivity index (χ0n) is 16.1. The summed E-state index contributed by atoms with van der Waals surface area (Å²) >= 11 is 3.44. The van der Waals surface area contributed by atoms with Gasteiger partial charge in [-0.05, 0) is 37.6 Å². The van der Waals surface area contributed by atoms with Crippen molar-refractivity contribution in [3.8, 4) is 0 Å². The molecule has 6 heteroatoms. The first-order valence-corrected chi connectivity index (χ1v) is 10.1. The number of nitrogens with zero attached hydrogens (tertiary/aromatic N) is 4. The number of aryl methyl sites for hydroxylation is 2. The van der Waals surface area contributed by atoms with Gasteiger partial charge in [0.2, 0.25) is 0 Å². The molecule has 142 valence electrons. The van der Waals surface area contributed by atoms with Crippen LogP contribution in [0.15, 0.2) is 56.8 Å². The van der Waals surface area contributed by atoms with E-state index in [0.29, 0.717) is 23.1 Å². The number of benzene rings is 2. The monoisotopic (exact) mass is 436 g/mol. The van der Waals surface area contributed by atoms with E-state index in [2.05, 4.69) is 51.6 Å². The molecule has 0 saturated heterocycles. The van der Waals surface area contributed by atoms with Crippen LogP contribution in [0.2, 0.25) is 0 Å². The summed E-state index contributed by atoms with van der Waals surface area (Å²) in [5.41, 5.74) is 3.81. The number of rotatable bonds is 4. The van der Waals surface area contributed by atoms with Gasteiger partial charge in [0.25, 0.3) is 5.56 Å². The lowest BCUT2D eigenvalue weighted by Crippen LogP contribution is -2.22. The quantitative estimate of drug-likeness (QED) is 0.431. The number of hydrogen-bond donors (Lipinski definition) is 0. The molecule has 5 nitrogen and oxygen atoms in total. The minimum absolute atomic E-state index is 0.149. The van der Waals surface area contributed by atoms with Crippen LogP contribution in [0.1, 0.15) is 30.4 Å². The van der Waals surface area contributed by atoms with Crippen molar-refractivity contribution in [2.24, 2.45) is 12.1 Å². The second-order valence-electron chi connectivity index (χ2n) is 6.88. The maximum Gasteiger partial charge on any atom is 0.282 e. The highest BCUT2D eigenvalue weighted by Crippen LogP contribution is 2.23. The predicted molar refractivity (Wildman–Crippen MR) is 118 cm³/mol. The van der Waals surface area contributed by atoms with Gasteiger partial charge in [-0.1, -0.05) is 41.1 Å². The van der Waals surface area contributed by atoms with Crippen LogP contribution in [0.4, 0.5) is 0 Å². The zero-order valence-corrected chi connectivity index (χ0v) is 17.7. The first-order valence-electron chi connectivity index (χ1n) is 9.30. The van der Waals surface area contributed by atoms with E-state index < -0.39 is 0 Å². The van der Waals surface area contributed by atoms with E-state index in [4.69, 9.17) is 4.98 Å². The van der Waals surface area contributed by atoms with E-state index in [0.717, 1.165) is 33.1 Å². The molecule has 2 aromatic heterocycles. The molecule has 0 radical (unpaired) electrons. The van der Waals surface area contributed by atoms with E-state index in [-0.39, 0.29) is 5.56 Å². The molecule has 0 aliphatic rings. The Morgan fingerprint density at radius 3 is 2.75 bits per heavy atom. The molecule has 2 aromatic carbocycles. The van der Waals surface area contributed by atoms with Gasteiger partial charge in [0.15, 0.2) is 0 Å². The highest BCUT2D eigenvalue weighted by atomic mass is 79.9. The number of fused-ring (bicyclic) bond motifs is 2. The zero-order chi connectivity index (χ0) is 19.8. The fraction of sp³-hybridized carbons (Fsp3) is 0.227. The van der Waals surface area contributed by atoms with Crippen molar-refractivity contribution in [1.82, 2.24) is 14.2 Å². The molecule has 0 amide bonds. The number of halogens is 1. The van der Waals surface area contributed by atoms with Crippen LogP contribution < -0.4 is 5.56 Å². The van der Waals surface area contributed by atoms with E-state index in [1.807, 2.05) is 31.3 Å². The summed E-state index contributed by atoms with van der Waals surface area (Å²) in [6, 6.07) is 13.8. The molecule has 0 fully saturated rings. The van der Waals surface area contributed by atoms with Gasteiger partial charge in [0, 0.05) is 40.1 Å². The maximum atomic E-state index is 13.1. The first-order chi connectivity index (χ1) is 13.5. The normalized spacial score (nSPS) is 11.9. The Bertz CT molecular complexity index is 1280. The number of aromatic nitrogens is 3. The Kier molecular flexibility index (Phi) is 4.89. The van der Waals surface area contributed by atoms with Crippen LogP contribution in [-0.4, -0.2) is 20.4 Å². The highest BCUT2D eigenvalue weighted by molar-refractivity contribution is 9.10. The highest BCUT2D eigenvalue weighted by Gasteiger charge is 2.12. The fourth-order valence-electron chi connectivity index (χ4n) is 3.53. The molecule has 0 unspecified atom stereocenters. The van der Waals surface area contributed by atoms with Gasteiger partial charge in [-0.25, -0.2) is 4.98 Å². The topological polar surface area (TPSA) is 52.2 Å². The Morgan fingerprint density at radius 2 is 1.96 bits per heavy atom. The van der Waals surface area contributed by atoms with Gasteiger partial charge in [0.05, 0.1) is 17.1 Å². The molecular weight excluding hydrogens is 416 g/mol. The van der Waals surface area contributed by atoms with Crippen molar-refractivity contribution in [2.75, 3.05) is 0 Å². The lowest BCUT2D eigenvalue weighted by atomic mass is 10.1. The van der Waals surface area contributed by atoms with Crippen molar-refractivity contribution in [2.45, 2.75) is 26.7 Å². The van der Waals surface area contributed by atoms with E-state index in [1.165, 1.54) is 4.68 Å². The molecule has 0 atom stereocenters. The van der Waals surface area contributed by atoms with Crippen LogP contribution in [0, 0.1) is 6.92 Å². The van der Waals surface area contributed by atoms with Crippen LogP contribution in [0.25, 0.3) is 21.8 Å². The van der Waals surface area contributed by atoms with Gasteiger partial charge in [-0.15, -0.1) is 0 Å². The predicted octanol–water partition coefficient (Wildman–Crippen LogP) is 4.79. The average molecular weight is 437 g/mol. The molecule has 0 saturated carbocycles. The molecule has 0 N–H and O–H groups in total. The van der Waals surface area contributed by atoms with Gasteiger partial charge in [-0.3, -0.25) is 4.79 Å². The van der Waals surface area contributed by atoms with Crippen LogP contribution in [-0.2, 0) is 13.5 Å². The third-order valence-corrected chi connectivity index (χ3v) is 5.59. The summed E-state index contributed by atoms with van der Waals surface area (Å²) in [5, 5.41) is 6.26. The number of para-hydroxylation sites is 1. The second-order valence-corrected chi connectivity index (χ2v) is 7.79. The third kappa shape index (κ3) is 3.07. The summed E-state index contributed by atoms with van der Waals surface area (Å²) < 4.78 is 4.43. The molecule has 4 rings (SSSR count). The summed E-state index contributed by atoms with van der Waals surface area (Å²) in [6.45, 7) is 4.13. The minimum atomic E-state index is -0.149. The smallest absolute Gasteiger partial charge is 0.282 e. The van der Waals surface area contributed by atoms with Gasteiger partial charge >= 0.3 is 0 Å². The van der Waals surface area contributed by atoms with Crippen LogP contribution >= 0.6 is 15.9 Å². The maximum absolute atomic E-state index is 13.1. The Labute approximate surface area is 171 Å². The molecule has 2 heterocycles. The van der Waals surface area contributed by atoms with Crippen LogP contribution in [0.3, 0.4) is 0 Å². The Balaban J connectivity index is 1.92. The third-order valence-electron chi connectivity index (χ3n) is 5.10. The van der Waals surface area contributed by atoms with Gasteiger partial charge in [-0.2, -0.15) is 9.78 Å². The SMILES string of the molecule is CCCc1nc2ccc(Br)cc2c(=O)n1N=Cc1c(C)n(C)c2ccccc12. The number of hydrogen-bond acceptors (Lipinski definition) is 3. The lowest BCUT2D eigenvalue weighted by Gasteiger charge is -2.08. The summed E-state index contributed by atoms with van der Waals surface area (Å²) in [6.07, 6.45) is 3.36. The fourth-order valence-corrected chi connectivity index (χ4v) is 3.89. The summed E-state index contributed by atoms with van der Waals surface area (Å²) in [5.74, 6) is 0.677. The van der Waals surface area contributed by atoms with E-state index in [9.17, 15) is 4.79 Å². The van der Waals surface area contributed by atoms with E-state index in [1.54, 1.807) is 12.3 Å². The lowest BCUT2D eigenvalue weighted by molar-refractivity contribution is 0.703.